The van der Waals surface area contributed by atoms with Crippen LogP contribution in [0.25, 0.3) is 0 Å². The monoisotopic (exact) mass is 333 g/mol. The molecule has 1 aromatic heterocycles. The van der Waals surface area contributed by atoms with E-state index < -0.39 is 0 Å². The molecule has 0 amide bonds. The van der Waals surface area contributed by atoms with Crippen molar-refractivity contribution >= 4 is 22.9 Å². The van der Waals surface area contributed by atoms with Gasteiger partial charge in [0.15, 0.2) is 0 Å². The van der Waals surface area contributed by atoms with Crippen LogP contribution in [0.5, 0.6) is 0 Å². The van der Waals surface area contributed by atoms with E-state index in [1.807, 2.05) is 0 Å². The van der Waals surface area contributed by atoms with E-state index in [1.165, 1.54) is 4.88 Å². The Labute approximate surface area is 145 Å². The van der Waals surface area contributed by atoms with Crippen LogP contribution in [0.4, 0.5) is 0 Å². The molecular formula is C19H31N3S. The molecule has 0 bridgehead atoms. The van der Waals surface area contributed by atoms with Crippen molar-refractivity contribution in [1.29, 1.82) is 0 Å². The first-order chi connectivity index (χ1) is 10.3. The lowest BCUT2D eigenvalue weighted by molar-refractivity contribution is 0.192. The highest BCUT2D eigenvalue weighted by molar-refractivity contribution is 7.10. The predicted molar refractivity (Wildman–Crippen MR) is 103 cm³/mol. The van der Waals surface area contributed by atoms with Gasteiger partial charge < -0.3 is 4.90 Å². The van der Waals surface area contributed by atoms with Crippen LogP contribution in [0.1, 0.15) is 73.2 Å². The topological polar surface area (TPSA) is 28.0 Å². The zero-order chi connectivity index (χ0) is 17.6. The van der Waals surface area contributed by atoms with Crippen molar-refractivity contribution in [3.63, 3.8) is 0 Å². The van der Waals surface area contributed by atoms with E-state index in [2.05, 4.69) is 84.7 Å². The molecule has 1 aliphatic heterocycles. The quantitative estimate of drug-likeness (QED) is 0.681. The van der Waals surface area contributed by atoms with Crippen LogP contribution in [0.15, 0.2) is 27.5 Å². The van der Waals surface area contributed by atoms with E-state index in [0.29, 0.717) is 0 Å². The Morgan fingerprint density at radius 1 is 0.913 bits per heavy atom. The van der Waals surface area contributed by atoms with E-state index in [1.54, 1.807) is 11.3 Å². The summed E-state index contributed by atoms with van der Waals surface area (Å²) in [7, 11) is 0. The molecule has 128 valence electrons. The zero-order valence-corrected chi connectivity index (χ0v) is 16.9. The molecule has 1 aliphatic rings. The summed E-state index contributed by atoms with van der Waals surface area (Å²) in [6, 6.07) is 4.55. The maximum absolute atomic E-state index is 5.03. The second-order valence-corrected chi connectivity index (χ2v) is 10.2. The SMILES string of the molecule is CC(C)(C)N=C1C(=NC(C)(C)C)N(C(C)(C)C)C1c1cccs1. The summed E-state index contributed by atoms with van der Waals surface area (Å²) in [5.74, 6) is 1.05. The maximum Gasteiger partial charge on any atom is 0.149 e. The highest BCUT2D eigenvalue weighted by Crippen LogP contribution is 2.42. The summed E-state index contributed by atoms with van der Waals surface area (Å²) < 4.78 is 0. The molecule has 23 heavy (non-hydrogen) atoms. The fourth-order valence-electron chi connectivity index (χ4n) is 2.74. The number of nitrogens with zero attached hydrogens (tertiary/aromatic N) is 3. The molecule has 1 aromatic rings. The van der Waals surface area contributed by atoms with Crippen LogP contribution in [0.3, 0.4) is 0 Å². The first kappa shape index (κ1) is 18.2. The lowest BCUT2D eigenvalue weighted by Crippen LogP contribution is -2.63. The number of hydrogen-bond donors (Lipinski definition) is 0. The van der Waals surface area contributed by atoms with Crippen molar-refractivity contribution in [2.24, 2.45) is 9.98 Å². The van der Waals surface area contributed by atoms with Gasteiger partial charge in [-0.15, -0.1) is 11.3 Å². The lowest BCUT2D eigenvalue weighted by Gasteiger charge is -2.53. The first-order valence-corrected chi connectivity index (χ1v) is 9.20. The van der Waals surface area contributed by atoms with Crippen molar-refractivity contribution in [2.45, 2.75) is 85.0 Å². The molecule has 0 aromatic carbocycles. The van der Waals surface area contributed by atoms with Gasteiger partial charge in [0.25, 0.3) is 0 Å². The zero-order valence-electron chi connectivity index (χ0n) is 16.1. The highest BCUT2D eigenvalue weighted by Gasteiger charge is 2.49. The maximum atomic E-state index is 5.03. The average Bonchev–Trinajstić information content (AvgIpc) is 2.79. The van der Waals surface area contributed by atoms with Gasteiger partial charge in [-0.3, -0.25) is 9.98 Å². The van der Waals surface area contributed by atoms with Gasteiger partial charge in [0.05, 0.1) is 11.1 Å². The summed E-state index contributed by atoms with van der Waals surface area (Å²) in [4.78, 5) is 13.8. The number of thiophene rings is 1. The molecule has 0 radical (unpaired) electrons. The molecular weight excluding hydrogens is 302 g/mol. The molecule has 1 atom stereocenters. The molecule has 4 heteroatoms. The Morgan fingerprint density at radius 3 is 1.87 bits per heavy atom. The Kier molecular flexibility index (Phi) is 4.53. The average molecular weight is 334 g/mol. The predicted octanol–water partition coefficient (Wildman–Crippen LogP) is 5.34. The van der Waals surface area contributed by atoms with Crippen molar-refractivity contribution in [3.8, 4) is 0 Å². The molecule has 1 saturated heterocycles. The van der Waals surface area contributed by atoms with Gasteiger partial charge in [-0.2, -0.15) is 0 Å². The summed E-state index contributed by atoms with van der Waals surface area (Å²) in [6.45, 7) is 19.6. The minimum atomic E-state index is -0.113. The second-order valence-electron chi connectivity index (χ2n) is 9.23. The van der Waals surface area contributed by atoms with E-state index in [9.17, 15) is 0 Å². The molecule has 3 nitrogen and oxygen atoms in total. The van der Waals surface area contributed by atoms with Crippen LogP contribution >= 0.6 is 11.3 Å². The number of rotatable bonds is 1. The third-order valence-electron chi connectivity index (χ3n) is 3.41. The largest absolute Gasteiger partial charge is 0.337 e. The van der Waals surface area contributed by atoms with Crippen LogP contribution in [-0.4, -0.2) is 33.1 Å². The third-order valence-corrected chi connectivity index (χ3v) is 4.33. The normalized spacial score (nSPS) is 23.5. The minimum Gasteiger partial charge on any atom is -0.337 e. The minimum absolute atomic E-state index is 0.00957. The molecule has 1 unspecified atom stereocenters. The standard InChI is InChI=1S/C19H31N3S/c1-17(2,3)20-14-15(13-11-10-12-23-13)22(19(7,8)9)16(14)21-18(4,5)6/h10-12,15H,1-9H3. The highest BCUT2D eigenvalue weighted by atomic mass is 32.1. The van der Waals surface area contributed by atoms with Gasteiger partial charge in [-0.25, -0.2) is 0 Å². The molecule has 0 spiro atoms. The Balaban J connectivity index is 2.59. The smallest absolute Gasteiger partial charge is 0.149 e. The van der Waals surface area contributed by atoms with Gasteiger partial charge in [0, 0.05) is 10.4 Å². The number of amidine groups is 1. The summed E-state index contributed by atoms with van der Waals surface area (Å²) in [5, 5.41) is 2.14. The van der Waals surface area contributed by atoms with Gasteiger partial charge in [-0.1, -0.05) is 6.07 Å². The van der Waals surface area contributed by atoms with Crippen LogP contribution < -0.4 is 0 Å². The lowest BCUT2D eigenvalue weighted by atomic mass is 9.87. The van der Waals surface area contributed by atoms with Crippen molar-refractivity contribution in [1.82, 2.24) is 4.90 Å². The van der Waals surface area contributed by atoms with Crippen molar-refractivity contribution < 1.29 is 0 Å². The van der Waals surface area contributed by atoms with Crippen LogP contribution in [0.2, 0.25) is 0 Å². The Hall–Kier alpha value is -1.16. The summed E-state index contributed by atoms with van der Waals surface area (Å²) in [5.41, 5.74) is 0.922. The van der Waals surface area contributed by atoms with Crippen molar-refractivity contribution in [2.75, 3.05) is 0 Å². The molecule has 0 aliphatic carbocycles. The number of likely N-dealkylation sites (tertiary alicyclic amines) is 1. The van der Waals surface area contributed by atoms with Gasteiger partial charge in [-0.05, 0) is 73.8 Å². The Bertz CT molecular complexity index is 605. The fourth-order valence-corrected chi connectivity index (χ4v) is 3.56. The second kappa shape index (κ2) is 5.73. The molecule has 0 N–H and O–H groups in total. The molecule has 2 heterocycles. The molecule has 2 rings (SSSR count). The van der Waals surface area contributed by atoms with E-state index in [0.717, 1.165) is 11.5 Å². The fraction of sp³-hybridized carbons (Fsp3) is 0.684. The van der Waals surface area contributed by atoms with Gasteiger partial charge >= 0.3 is 0 Å². The van der Waals surface area contributed by atoms with E-state index >= 15 is 0 Å². The van der Waals surface area contributed by atoms with Gasteiger partial charge in [0.1, 0.15) is 17.6 Å². The van der Waals surface area contributed by atoms with Gasteiger partial charge in [0.2, 0.25) is 0 Å². The number of hydrogen-bond acceptors (Lipinski definition) is 3. The third kappa shape index (κ3) is 4.23. The first-order valence-electron chi connectivity index (χ1n) is 8.32. The van der Waals surface area contributed by atoms with Crippen LogP contribution in [-0.2, 0) is 0 Å². The van der Waals surface area contributed by atoms with Crippen molar-refractivity contribution in [3.05, 3.63) is 22.4 Å². The molecule has 0 saturated carbocycles. The van der Waals surface area contributed by atoms with E-state index in [-0.39, 0.29) is 22.7 Å². The summed E-state index contributed by atoms with van der Waals surface area (Å²) >= 11 is 1.80. The Morgan fingerprint density at radius 2 is 1.48 bits per heavy atom. The number of aliphatic imine (C=N–C) groups is 2. The summed E-state index contributed by atoms with van der Waals surface area (Å²) in [6.07, 6.45) is 0. The van der Waals surface area contributed by atoms with E-state index in [4.69, 9.17) is 9.98 Å². The molecule has 1 fully saturated rings. The van der Waals surface area contributed by atoms with Crippen LogP contribution in [0, 0.1) is 0 Å².